The predicted molar refractivity (Wildman–Crippen MR) is 96.2 cm³/mol. The van der Waals surface area contributed by atoms with Gasteiger partial charge in [0.1, 0.15) is 0 Å². The number of hydrogen-bond donors (Lipinski definition) is 1. The highest BCUT2D eigenvalue weighted by Crippen LogP contribution is 2.35. The van der Waals surface area contributed by atoms with Gasteiger partial charge in [-0.3, -0.25) is 4.79 Å². The molecule has 0 saturated heterocycles. The lowest BCUT2D eigenvalue weighted by molar-refractivity contribution is -0.120. The van der Waals surface area contributed by atoms with E-state index in [1.807, 2.05) is 48.5 Å². The van der Waals surface area contributed by atoms with E-state index in [0.717, 1.165) is 27.5 Å². The molecule has 2 aromatic rings. The van der Waals surface area contributed by atoms with Crippen molar-refractivity contribution < 1.29 is 19.0 Å². The first-order chi connectivity index (χ1) is 12.3. The number of thioether (sulfide) groups is 1. The fourth-order valence-corrected chi connectivity index (χ4v) is 3.66. The van der Waals surface area contributed by atoms with Crippen LogP contribution >= 0.6 is 11.8 Å². The van der Waals surface area contributed by atoms with Crippen molar-refractivity contribution >= 4 is 22.6 Å². The normalized spacial score (nSPS) is 15.7. The zero-order valence-corrected chi connectivity index (χ0v) is 14.3. The number of benzene rings is 2. The van der Waals surface area contributed by atoms with Crippen LogP contribution in [0.25, 0.3) is 4.91 Å². The maximum absolute atomic E-state index is 12.6. The van der Waals surface area contributed by atoms with Crippen LogP contribution in [-0.4, -0.2) is 25.1 Å². The number of nitrogens with one attached hydrogen (secondary N) is 1. The molecule has 0 fully saturated rings. The molecule has 2 aromatic carbocycles. The van der Waals surface area contributed by atoms with Gasteiger partial charge in [-0.15, -0.1) is 11.8 Å². The van der Waals surface area contributed by atoms with E-state index in [2.05, 4.69) is 5.32 Å². The molecular formula is C19H17NO4S. The predicted octanol–water partition coefficient (Wildman–Crippen LogP) is 3.16. The number of hydrogen-bond acceptors (Lipinski definition) is 5. The Morgan fingerprint density at radius 2 is 1.88 bits per heavy atom. The van der Waals surface area contributed by atoms with Gasteiger partial charge in [-0.2, -0.15) is 0 Å². The van der Waals surface area contributed by atoms with E-state index in [-0.39, 0.29) is 12.7 Å². The SMILES string of the molecule is O=C(NCc1ccc2c(c1)OCO2)C1=C(c2ccccc2)SCCO1. The molecule has 25 heavy (non-hydrogen) atoms. The van der Waals surface area contributed by atoms with Crippen molar-refractivity contribution in [3.8, 4) is 11.5 Å². The van der Waals surface area contributed by atoms with E-state index in [1.54, 1.807) is 11.8 Å². The van der Waals surface area contributed by atoms with Crippen molar-refractivity contribution in [2.24, 2.45) is 0 Å². The fourth-order valence-electron chi connectivity index (χ4n) is 2.70. The van der Waals surface area contributed by atoms with E-state index >= 15 is 0 Å². The van der Waals surface area contributed by atoms with Crippen molar-refractivity contribution in [1.82, 2.24) is 5.32 Å². The summed E-state index contributed by atoms with van der Waals surface area (Å²) in [6.45, 7) is 1.17. The third-order valence-corrected chi connectivity index (χ3v) is 5.00. The molecule has 0 saturated carbocycles. The first-order valence-electron chi connectivity index (χ1n) is 8.03. The monoisotopic (exact) mass is 355 g/mol. The summed E-state index contributed by atoms with van der Waals surface area (Å²) in [6.07, 6.45) is 0. The molecule has 0 bridgehead atoms. The average Bonchev–Trinajstić information content (AvgIpc) is 3.14. The zero-order chi connectivity index (χ0) is 17.1. The van der Waals surface area contributed by atoms with Crippen molar-refractivity contribution in [2.75, 3.05) is 19.2 Å². The summed E-state index contributed by atoms with van der Waals surface area (Å²) in [5.74, 6) is 2.46. The number of carbonyl (C=O) groups excluding carboxylic acids is 1. The Hall–Kier alpha value is -2.60. The van der Waals surface area contributed by atoms with Gasteiger partial charge in [0.25, 0.3) is 5.91 Å². The molecule has 1 N–H and O–H groups in total. The largest absolute Gasteiger partial charge is 0.486 e. The maximum atomic E-state index is 12.6. The molecule has 5 nitrogen and oxygen atoms in total. The van der Waals surface area contributed by atoms with Crippen LogP contribution in [-0.2, 0) is 16.1 Å². The summed E-state index contributed by atoms with van der Waals surface area (Å²) in [7, 11) is 0. The lowest BCUT2D eigenvalue weighted by atomic mass is 10.2. The van der Waals surface area contributed by atoms with E-state index in [4.69, 9.17) is 14.2 Å². The molecule has 128 valence electrons. The second-order valence-corrected chi connectivity index (χ2v) is 6.70. The summed E-state index contributed by atoms with van der Waals surface area (Å²) < 4.78 is 16.3. The Kier molecular flexibility index (Phi) is 4.52. The highest BCUT2D eigenvalue weighted by molar-refractivity contribution is 8.08. The number of fused-ring (bicyclic) bond motifs is 1. The molecule has 0 spiro atoms. The van der Waals surface area contributed by atoms with E-state index < -0.39 is 0 Å². The molecule has 0 unspecified atom stereocenters. The van der Waals surface area contributed by atoms with Gasteiger partial charge in [-0.25, -0.2) is 0 Å². The molecule has 1 amide bonds. The quantitative estimate of drug-likeness (QED) is 0.913. The van der Waals surface area contributed by atoms with Crippen LogP contribution in [0.2, 0.25) is 0 Å². The molecule has 2 aliphatic heterocycles. The Morgan fingerprint density at radius 3 is 2.76 bits per heavy atom. The fraction of sp³-hybridized carbons (Fsp3) is 0.211. The smallest absolute Gasteiger partial charge is 0.287 e. The van der Waals surface area contributed by atoms with E-state index in [0.29, 0.717) is 24.7 Å². The second kappa shape index (κ2) is 7.11. The minimum atomic E-state index is -0.205. The topological polar surface area (TPSA) is 56.8 Å². The summed E-state index contributed by atoms with van der Waals surface area (Å²) >= 11 is 1.65. The van der Waals surface area contributed by atoms with Gasteiger partial charge in [-0.1, -0.05) is 36.4 Å². The van der Waals surface area contributed by atoms with Crippen molar-refractivity contribution in [3.63, 3.8) is 0 Å². The average molecular weight is 355 g/mol. The molecule has 6 heteroatoms. The third-order valence-electron chi connectivity index (χ3n) is 3.91. The van der Waals surface area contributed by atoms with Gasteiger partial charge in [0.2, 0.25) is 6.79 Å². The molecule has 0 aromatic heterocycles. The molecule has 2 aliphatic rings. The summed E-state index contributed by atoms with van der Waals surface area (Å²) in [6, 6.07) is 15.5. The van der Waals surface area contributed by atoms with Gasteiger partial charge < -0.3 is 19.5 Å². The Bertz CT molecular complexity index is 819. The van der Waals surface area contributed by atoms with Gasteiger partial charge >= 0.3 is 0 Å². The summed E-state index contributed by atoms with van der Waals surface area (Å²) in [5.41, 5.74) is 1.95. The van der Waals surface area contributed by atoms with Crippen molar-refractivity contribution in [3.05, 3.63) is 65.4 Å². The van der Waals surface area contributed by atoms with Crippen LogP contribution in [0.3, 0.4) is 0 Å². The summed E-state index contributed by atoms with van der Waals surface area (Å²) in [4.78, 5) is 13.5. The van der Waals surface area contributed by atoms with Crippen LogP contribution in [0.15, 0.2) is 54.3 Å². The second-order valence-electron chi connectivity index (χ2n) is 5.59. The molecule has 0 radical (unpaired) electrons. The first-order valence-corrected chi connectivity index (χ1v) is 9.02. The van der Waals surface area contributed by atoms with Crippen LogP contribution in [0, 0.1) is 0 Å². The minimum Gasteiger partial charge on any atom is -0.486 e. The molecular weight excluding hydrogens is 338 g/mol. The van der Waals surface area contributed by atoms with Crippen molar-refractivity contribution in [1.29, 1.82) is 0 Å². The molecule has 2 heterocycles. The Morgan fingerprint density at radius 1 is 1.04 bits per heavy atom. The lowest BCUT2D eigenvalue weighted by Crippen LogP contribution is -2.28. The molecule has 0 atom stereocenters. The highest BCUT2D eigenvalue weighted by atomic mass is 32.2. The van der Waals surface area contributed by atoms with Gasteiger partial charge in [0.15, 0.2) is 17.3 Å². The van der Waals surface area contributed by atoms with Gasteiger partial charge in [0.05, 0.1) is 11.5 Å². The van der Waals surface area contributed by atoms with Crippen LogP contribution < -0.4 is 14.8 Å². The number of ether oxygens (including phenoxy) is 3. The Labute approximate surface area is 150 Å². The molecule has 4 rings (SSSR count). The molecule has 0 aliphatic carbocycles. The standard InChI is InChI=1S/C19H17NO4S/c21-19(20-11-13-6-7-15-16(10-13)24-12-23-15)17-18(25-9-8-22-17)14-4-2-1-3-5-14/h1-7,10H,8-9,11-12H2,(H,20,21). The number of carbonyl (C=O) groups is 1. The van der Waals surface area contributed by atoms with Crippen LogP contribution in [0.1, 0.15) is 11.1 Å². The number of rotatable bonds is 4. The lowest BCUT2D eigenvalue weighted by Gasteiger charge is -2.20. The highest BCUT2D eigenvalue weighted by Gasteiger charge is 2.23. The minimum absolute atomic E-state index is 0.205. The first kappa shape index (κ1) is 15.9. The summed E-state index contributed by atoms with van der Waals surface area (Å²) in [5, 5.41) is 2.93. The van der Waals surface area contributed by atoms with E-state index in [1.165, 1.54) is 0 Å². The van der Waals surface area contributed by atoms with Crippen molar-refractivity contribution in [2.45, 2.75) is 6.54 Å². The van der Waals surface area contributed by atoms with Crippen LogP contribution in [0.4, 0.5) is 0 Å². The van der Waals surface area contributed by atoms with Gasteiger partial charge in [-0.05, 0) is 23.3 Å². The third kappa shape index (κ3) is 3.44. The van der Waals surface area contributed by atoms with Gasteiger partial charge in [0, 0.05) is 12.3 Å². The maximum Gasteiger partial charge on any atom is 0.287 e. The number of amides is 1. The Balaban J connectivity index is 1.50. The zero-order valence-electron chi connectivity index (χ0n) is 13.5. The van der Waals surface area contributed by atoms with Crippen LogP contribution in [0.5, 0.6) is 11.5 Å². The van der Waals surface area contributed by atoms with E-state index in [9.17, 15) is 4.79 Å².